The summed E-state index contributed by atoms with van der Waals surface area (Å²) in [7, 11) is 0. The molecule has 0 aliphatic heterocycles. The van der Waals surface area contributed by atoms with E-state index in [9.17, 15) is 4.39 Å². The molecule has 0 fully saturated rings. The summed E-state index contributed by atoms with van der Waals surface area (Å²) in [4.78, 5) is 9.78. The maximum Gasteiger partial charge on any atom is 0.204 e. The largest absolute Gasteiger partial charge is 0.372 e. The van der Waals surface area contributed by atoms with Gasteiger partial charge in [0.05, 0.1) is 0 Å². The Labute approximate surface area is 81.6 Å². The van der Waals surface area contributed by atoms with E-state index < -0.39 is 0 Å². The molecule has 4 heteroatoms. The third kappa shape index (κ3) is 3.55. The number of hydrogen-bond acceptors (Lipinski definition) is 2. The first-order chi connectivity index (χ1) is 6.21. The van der Waals surface area contributed by atoms with E-state index in [1.165, 1.54) is 16.2 Å². The molecule has 1 aromatic heterocycles. The highest BCUT2D eigenvalue weighted by molar-refractivity contribution is 7.10. The second-order valence-electron chi connectivity index (χ2n) is 2.33. The van der Waals surface area contributed by atoms with Crippen LogP contribution in [0, 0.1) is 5.82 Å². The molecule has 2 N–H and O–H groups in total. The lowest BCUT2D eigenvalue weighted by atomic mass is 10.2. The Morgan fingerprint density at radius 1 is 1.54 bits per heavy atom. The molecule has 0 radical (unpaired) electrons. The Bertz CT molecular complexity index is 260. The van der Waals surface area contributed by atoms with Crippen molar-refractivity contribution in [1.29, 1.82) is 0 Å². The van der Waals surface area contributed by atoms with Crippen LogP contribution in [0.25, 0.3) is 0 Å². The normalized spacial score (nSPS) is 8.85. The van der Waals surface area contributed by atoms with Gasteiger partial charge in [-0.05, 0) is 12.8 Å². The van der Waals surface area contributed by atoms with Crippen LogP contribution < -0.4 is 5.73 Å². The maximum atomic E-state index is 12.8. The van der Waals surface area contributed by atoms with Gasteiger partial charge in [-0.3, -0.25) is 4.79 Å². The molecular weight excluding hydrogens is 189 g/mol. The van der Waals surface area contributed by atoms with E-state index in [0.29, 0.717) is 0 Å². The molecule has 0 saturated carbocycles. The summed E-state index contributed by atoms with van der Waals surface area (Å²) in [6.45, 7) is 4.05. The Morgan fingerprint density at radius 3 is 2.38 bits per heavy atom. The van der Waals surface area contributed by atoms with Gasteiger partial charge in [-0.1, -0.05) is 13.8 Å². The number of thiophene rings is 1. The third-order valence-corrected chi connectivity index (χ3v) is 2.75. The fourth-order valence-electron chi connectivity index (χ4n) is 1.06. The number of nitrogens with two attached hydrogens (primary N) is 1. The van der Waals surface area contributed by atoms with Crippen LogP contribution in [-0.4, -0.2) is 6.41 Å². The monoisotopic (exact) mass is 203 g/mol. The molecule has 1 rings (SSSR count). The van der Waals surface area contributed by atoms with Crippen LogP contribution >= 0.6 is 11.3 Å². The average molecular weight is 203 g/mol. The zero-order valence-electron chi connectivity index (χ0n) is 7.84. The molecule has 0 aliphatic carbocycles. The van der Waals surface area contributed by atoms with Gasteiger partial charge < -0.3 is 5.73 Å². The molecule has 2 nitrogen and oxygen atoms in total. The molecule has 0 bridgehead atoms. The van der Waals surface area contributed by atoms with Crippen molar-refractivity contribution in [1.82, 2.24) is 0 Å². The predicted octanol–water partition coefficient (Wildman–Crippen LogP) is 2.11. The molecule has 74 valence electrons. The van der Waals surface area contributed by atoms with Crippen LogP contribution in [0.4, 0.5) is 4.39 Å². The fraction of sp³-hybridized carbons (Fsp3) is 0.444. The van der Waals surface area contributed by atoms with Gasteiger partial charge >= 0.3 is 0 Å². The minimum Gasteiger partial charge on any atom is -0.372 e. The summed E-state index contributed by atoms with van der Waals surface area (Å²) in [5.41, 5.74) is 5.08. The summed E-state index contributed by atoms with van der Waals surface area (Å²) in [5, 5.41) is 1.59. The lowest BCUT2D eigenvalue weighted by Crippen LogP contribution is -1.85. The molecule has 0 atom stereocenters. The van der Waals surface area contributed by atoms with Gasteiger partial charge in [-0.25, -0.2) is 4.39 Å². The summed E-state index contributed by atoms with van der Waals surface area (Å²) >= 11 is 1.53. The summed E-state index contributed by atoms with van der Waals surface area (Å²) in [6.07, 6.45) is 2.02. The van der Waals surface area contributed by atoms with E-state index in [2.05, 4.69) is 12.7 Å². The van der Waals surface area contributed by atoms with Gasteiger partial charge in [0.15, 0.2) is 0 Å². The Morgan fingerprint density at radius 2 is 2.08 bits per heavy atom. The van der Waals surface area contributed by atoms with Crippen LogP contribution in [-0.2, 0) is 17.6 Å². The van der Waals surface area contributed by atoms with Gasteiger partial charge in [0.1, 0.15) is 5.82 Å². The smallest absolute Gasteiger partial charge is 0.204 e. The van der Waals surface area contributed by atoms with Gasteiger partial charge in [-0.15, -0.1) is 11.3 Å². The number of primary amides is 1. The van der Waals surface area contributed by atoms with Crippen LogP contribution in [0.1, 0.15) is 24.3 Å². The number of halogens is 1. The van der Waals surface area contributed by atoms with Crippen molar-refractivity contribution in [2.45, 2.75) is 26.7 Å². The van der Waals surface area contributed by atoms with E-state index in [0.717, 1.165) is 18.4 Å². The molecule has 0 aromatic carbocycles. The number of aryl methyl sites for hydroxylation is 1. The highest BCUT2D eigenvalue weighted by Gasteiger charge is 2.06. The number of carbonyl (C=O) groups excluding carboxylic acids is 1. The quantitative estimate of drug-likeness (QED) is 0.735. The predicted molar refractivity (Wildman–Crippen MR) is 53.3 cm³/mol. The molecule has 1 aromatic rings. The minimum absolute atomic E-state index is 0.0237. The second kappa shape index (κ2) is 6.60. The van der Waals surface area contributed by atoms with Crippen molar-refractivity contribution < 1.29 is 9.18 Å². The number of hydrogen-bond donors (Lipinski definition) is 1. The first-order valence-electron chi connectivity index (χ1n) is 4.11. The molecule has 0 aliphatic rings. The highest BCUT2D eigenvalue weighted by atomic mass is 32.1. The lowest BCUT2D eigenvalue weighted by molar-refractivity contribution is -0.106. The van der Waals surface area contributed by atoms with Crippen LogP contribution in [0.5, 0.6) is 0 Å². The third-order valence-electron chi connectivity index (χ3n) is 1.60. The van der Waals surface area contributed by atoms with Crippen molar-refractivity contribution >= 4 is 17.7 Å². The molecule has 1 heterocycles. The molecule has 13 heavy (non-hydrogen) atoms. The fourth-order valence-corrected chi connectivity index (χ4v) is 2.00. The standard InChI is InChI=1S/C8H11FS.CH3NO/c1-3-6-7(9)5-10-8(6)4-2;2-1-3/h5H,3-4H2,1-2H3;1H,(H2,2,3). The minimum atomic E-state index is -0.0237. The first kappa shape index (κ1) is 12.1. The van der Waals surface area contributed by atoms with Crippen molar-refractivity contribution in [3.05, 3.63) is 21.6 Å². The summed E-state index contributed by atoms with van der Waals surface area (Å²) in [5.74, 6) is -0.0237. The highest BCUT2D eigenvalue weighted by Crippen LogP contribution is 2.21. The molecular formula is C9H14FNOS. The number of rotatable bonds is 2. The Kier molecular flexibility index (Phi) is 6.14. The lowest BCUT2D eigenvalue weighted by Gasteiger charge is -1.94. The van der Waals surface area contributed by atoms with E-state index in [1.807, 2.05) is 6.92 Å². The van der Waals surface area contributed by atoms with Gasteiger partial charge in [0, 0.05) is 15.8 Å². The summed E-state index contributed by atoms with van der Waals surface area (Å²) < 4.78 is 12.8. The van der Waals surface area contributed by atoms with Crippen LogP contribution in [0.15, 0.2) is 5.38 Å². The van der Waals surface area contributed by atoms with Crippen molar-refractivity contribution in [3.63, 3.8) is 0 Å². The first-order valence-corrected chi connectivity index (χ1v) is 4.99. The zero-order valence-corrected chi connectivity index (χ0v) is 8.66. The maximum absolute atomic E-state index is 12.8. The van der Waals surface area contributed by atoms with Crippen molar-refractivity contribution in [3.8, 4) is 0 Å². The second-order valence-corrected chi connectivity index (χ2v) is 3.29. The van der Waals surface area contributed by atoms with E-state index in [1.54, 1.807) is 5.38 Å². The van der Waals surface area contributed by atoms with Crippen LogP contribution in [0.2, 0.25) is 0 Å². The van der Waals surface area contributed by atoms with Crippen molar-refractivity contribution in [2.24, 2.45) is 5.73 Å². The molecule has 0 spiro atoms. The van der Waals surface area contributed by atoms with E-state index >= 15 is 0 Å². The van der Waals surface area contributed by atoms with Gasteiger partial charge in [-0.2, -0.15) is 0 Å². The molecule has 0 saturated heterocycles. The van der Waals surface area contributed by atoms with E-state index in [-0.39, 0.29) is 12.2 Å². The Balaban J connectivity index is 0.000000424. The topological polar surface area (TPSA) is 43.1 Å². The number of carbonyl (C=O) groups is 1. The zero-order chi connectivity index (χ0) is 10.3. The molecule has 0 unspecified atom stereocenters. The van der Waals surface area contributed by atoms with Crippen LogP contribution in [0.3, 0.4) is 0 Å². The van der Waals surface area contributed by atoms with Gasteiger partial charge in [0.25, 0.3) is 0 Å². The van der Waals surface area contributed by atoms with E-state index in [4.69, 9.17) is 4.79 Å². The van der Waals surface area contributed by atoms with Gasteiger partial charge in [0.2, 0.25) is 6.41 Å². The number of amides is 1. The Hall–Kier alpha value is -0.900. The SMILES string of the molecule is CCc1scc(F)c1CC.NC=O. The average Bonchev–Trinajstić information content (AvgIpc) is 2.47. The summed E-state index contributed by atoms with van der Waals surface area (Å²) in [6, 6.07) is 0. The molecule has 1 amide bonds. The van der Waals surface area contributed by atoms with Crippen molar-refractivity contribution in [2.75, 3.05) is 0 Å².